The van der Waals surface area contributed by atoms with Crippen molar-refractivity contribution in [3.05, 3.63) is 126 Å². The predicted octanol–water partition coefficient (Wildman–Crippen LogP) is 1.90. The van der Waals surface area contributed by atoms with Gasteiger partial charge in [0.1, 0.15) is 34.0 Å². The van der Waals surface area contributed by atoms with Crippen LogP contribution in [0.2, 0.25) is 0 Å². The second-order valence-electron chi connectivity index (χ2n) is 21.4. The van der Waals surface area contributed by atoms with E-state index in [9.17, 15) is 47.9 Å². The van der Waals surface area contributed by atoms with Gasteiger partial charge in [0.25, 0.3) is 47.3 Å². The maximum atomic E-state index is 13.6. The second kappa shape index (κ2) is 23.4. The van der Waals surface area contributed by atoms with Crippen LogP contribution < -0.4 is 58.5 Å². The fourth-order valence-corrected chi connectivity index (χ4v) is 9.78. The van der Waals surface area contributed by atoms with Crippen LogP contribution in [-0.2, 0) is 66.0 Å². The van der Waals surface area contributed by atoms with Crippen molar-refractivity contribution in [1.29, 1.82) is 0 Å². The van der Waals surface area contributed by atoms with Crippen LogP contribution in [-0.4, -0.2) is 136 Å². The number of carbonyl (C=O) groups is 10. The molecule has 87 heavy (non-hydrogen) atoms. The minimum Gasteiger partial charge on any atom is -0.351 e. The molecule has 32 nitrogen and oxygen atoms in total. The SMILES string of the molecule is C[C@@H]1CCNC(=O)c2cc(cn2C)NC(=O)c2cc(cn2C)NC(=O)c2cc(cn2C)NC(=O)c2nc(cn2C)NC(=O)C2(CCNC(=O)c3cc(cn3C)NC(=O)c3nc(cn3C)NC(=O)c3cc(cn3C)NC(=O)c3nc(cn3C)NC1=O)CN2. The molecule has 10 heterocycles. The number of hydrogen-bond acceptors (Lipinski definition) is 14. The Balaban J connectivity index is 0.830. The van der Waals surface area contributed by atoms with E-state index in [1.807, 2.05) is 0 Å². The molecule has 8 aromatic heterocycles. The zero-order chi connectivity index (χ0) is 62.3. The number of imidazole rings is 3. The molecule has 1 saturated heterocycles. The highest BCUT2D eigenvalue weighted by Crippen LogP contribution is 2.26. The van der Waals surface area contributed by atoms with Crippen molar-refractivity contribution in [2.45, 2.75) is 25.3 Å². The maximum Gasteiger partial charge on any atom is 0.291 e. The average molecular weight is 1190 g/mol. The standard InChI is InChI=1S/C55H62N22O10/c1-28-10-12-56-46(79)34-14-29(19-70(34)2)59-48(81)36-16-30(20-72(36)4)60-49(82)37-17-32(22-73(37)5)62-53(86)44-66-41(26-77(44)9)69-54(87)55(27-58-55)11-13-57-47(80)35-15-31(21-71(35)3)61-52(85)43-65-40(25-76(43)8)68-50(83)38-18-33(23-74(38)6)63-51(84)42-64-39(24-75(42)7)67-45(28)78/h14-26,28,58H,10-13,27H2,1-9H3,(H,56,79)(H,57,80)(H,59,81)(H,60,82)(H,61,85)(H,62,86)(H,63,84)(H,67,78)(H,68,83)(H,69,87)/t28-,55?/m1/s1. The third-order valence-corrected chi connectivity index (χ3v) is 14.6. The maximum absolute atomic E-state index is 13.6. The van der Waals surface area contributed by atoms with Gasteiger partial charge >= 0.3 is 0 Å². The molecule has 11 N–H and O–H groups in total. The summed E-state index contributed by atoms with van der Waals surface area (Å²) >= 11 is 0. The topological polar surface area (TPSA) is 391 Å². The van der Waals surface area contributed by atoms with Crippen LogP contribution in [0.25, 0.3) is 0 Å². The van der Waals surface area contributed by atoms with Crippen molar-refractivity contribution in [2.24, 2.45) is 62.3 Å². The number of anilines is 8. The molecule has 0 aromatic carbocycles. The Labute approximate surface area is 494 Å². The van der Waals surface area contributed by atoms with Gasteiger partial charge in [0.2, 0.25) is 29.3 Å². The highest BCUT2D eigenvalue weighted by atomic mass is 16.2. The molecule has 0 radical (unpaired) electrons. The highest BCUT2D eigenvalue weighted by Gasteiger charge is 2.49. The van der Waals surface area contributed by atoms with Gasteiger partial charge in [0.15, 0.2) is 17.5 Å². The normalized spacial score (nSPS) is 18.1. The van der Waals surface area contributed by atoms with Crippen molar-refractivity contribution < 1.29 is 47.9 Å². The van der Waals surface area contributed by atoms with Crippen LogP contribution in [0.4, 0.5) is 45.9 Å². The molecule has 1 fully saturated rings. The van der Waals surface area contributed by atoms with Crippen LogP contribution in [0.5, 0.6) is 0 Å². The second-order valence-corrected chi connectivity index (χ2v) is 21.4. The molecule has 10 rings (SSSR count). The quantitative estimate of drug-likeness (QED) is 0.0967. The molecule has 2 atom stereocenters. The van der Waals surface area contributed by atoms with Crippen molar-refractivity contribution >= 4 is 105 Å². The lowest BCUT2D eigenvalue weighted by molar-refractivity contribution is -0.120. The summed E-state index contributed by atoms with van der Waals surface area (Å²) in [5.41, 5.74) is 1.22. The number of carbonyl (C=O) groups excluding carboxylic acids is 10. The first-order valence-electron chi connectivity index (χ1n) is 27.1. The van der Waals surface area contributed by atoms with E-state index < -0.39 is 70.5 Å². The lowest BCUT2D eigenvalue weighted by Gasteiger charge is -2.13. The molecule has 1 unspecified atom stereocenters. The van der Waals surface area contributed by atoms with E-state index in [-0.39, 0.29) is 106 Å². The number of rotatable bonds is 0. The van der Waals surface area contributed by atoms with Crippen LogP contribution in [0.1, 0.15) is 104 Å². The number of hydrogen-bond donors (Lipinski definition) is 11. The molecule has 0 saturated carbocycles. The minimum atomic E-state index is -1.04. The number of aryl methyl sites for hydroxylation is 8. The molecular weight excluding hydrogens is 1130 g/mol. The van der Waals surface area contributed by atoms with E-state index >= 15 is 0 Å². The van der Waals surface area contributed by atoms with Gasteiger partial charge in [-0.25, -0.2) is 15.0 Å². The van der Waals surface area contributed by atoms with Crippen LogP contribution >= 0.6 is 0 Å². The Kier molecular flexibility index (Phi) is 15.8. The summed E-state index contributed by atoms with van der Waals surface area (Å²) in [5, 5.41) is 30.5. The predicted molar refractivity (Wildman–Crippen MR) is 315 cm³/mol. The van der Waals surface area contributed by atoms with Crippen LogP contribution in [0.3, 0.4) is 0 Å². The molecule has 0 aliphatic carbocycles. The first-order chi connectivity index (χ1) is 41.3. The van der Waals surface area contributed by atoms with Crippen LogP contribution in [0.15, 0.2) is 79.9 Å². The fourth-order valence-electron chi connectivity index (χ4n) is 9.78. The molecule has 452 valence electrons. The number of amides is 10. The first-order valence-corrected chi connectivity index (χ1v) is 27.1. The third kappa shape index (κ3) is 12.6. The number of nitrogens with zero attached hydrogens (tertiary/aromatic N) is 11. The van der Waals surface area contributed by atoms with E-state index in [2.05, 4.69) is 73.4 Å². The van der Waals surface area contributed by atoms with Crippen molar-refractivity contribution in [3.8, 4) is 0 Å². The summed E-state index contributed by atoms with van der Waals surface area (Å²) in [7, 11) is 12.8. The van der Waals surface area contributed by atoms with E-state index in [4.69, 9.17) is 0 Å². The van der Waals surface area contributed by atoms with Gasteiger partial charge in [-0.1, -0.05) is 6.92 Å². The molecule has 10 amide bonds. The van der Waals surface area contributed by atoms with E-state index in [0.29, 0.717) is 17.9 Å². The Morgan fingerprint density at radius 2 is 0.690 bits per heavy atom. The molecule has 32 heteroatoms. The molecular formula is C55H62N22O10. The van der Waals surface area contributed by atoms with E-state index in [0.717, 1.165) is 0 Å². The van der Waals surface area contributed by atoms with Gasteiger partial charge in [-0.2, -0.15) is 0 Å². The van der Waals surface area contributed by atoms with Crippen molar-refractivity contribution in [2.75, 3.05) is 62.2 Å². The lowest BCUT2D eigenvalue weighted by atomic mass is 10.1. The molecule has 16 bridgehead atoms. The van der Waals surface area contributed by atoms with Gasteiger partial charge < -0.3 is 89.7 Å². The van der Waals surface area contributed by atoms with Crippen molar-refractivity contribution in [3.63, 3.8) is 0 Å². The van der Waals surface area contributed by atoms with Gasteiger partial charge in [-0.3, -0.25) is 53.3 Å². The van der Waals surface area contributed by atoms with Gasteiger partial charge in [0.05, 0.1) is 28.4 Å². The van der Waals surface area contributed by atoms with Crippen LogP contribution in [0, 0.1) is 5.92 Å². The zero-order valence-corrected chi connectivity index (χ0v) is 48.6. The highest BCUT2D eigenvalue weighted by molar-refractivity contribution is 6.10. The summed E-state index contributed by atoms with van der Waals surface area (Å²) in [6.07, 6.45) is 12.5. The summed E-state index contributed by atoms with van der Waals surface area (Å²) in [6, 6.07) is 7.32. The monoisotopic (exact) mass is 1190 g/mol. The molecule has 2 aliphatic heterocycles. The summed E-state index contributed by atoms with van der Waals surface area (Å²) in [5.74, 6) is -6.01. The number of aromatic nitrogens is 11. The lowest BCUT2D eigenvalue weighted by Crippen LogP contribution is -2.38. The Morgan fingerprint density at radius 1 is 0.379 bits per heavy atom. The smallest absolute Gasteiger partial charge is 0.291 e. The molecule has 2 aliphatic rings. The summed E-state index contributed by atoms with van der Waals surface area (Å²) in [4.78, 5) is 148. The molecule has 1 spiro atoms. The number of nitrogens with one attached hydrogen (secondary N) is 11. The largest absolute Gasteiger partial charge is 0.351 e. The van der Waals surface area contributed by atoms with E-state index in [1.54, 1.807) is 75.7 Å². The minimum absolute atomic E-state index is 0.0423. The zero-order valence-electron chi connectivity index (χ0n) is 48.6. The van der Waals surface area contributed by atoms with E-state index in [1.165, 1.54) is 104 Å². The molecule has 8 aromatic rings. The first kappa shape index (κ1) is 58.9. The third-order valence-electron chi connectivity index (χ3n) is 14.6. The fraction of sp³-hybridized carbons (Fsp3) is 0.291. The number of fused-ring (bicyclic) bond motifs is 16. The van der Waals surface area contributed by atoms with Gasteiger partial charge in [-0.15, -0.1) is 0 Å². The Bertz CT molecular complexity index is 4150. The summed E-state index contributed by atoms with van der Waals surface area (Å²) in [6.45, 7) is 2.16. The Morgan fingerprint density at radius 3 is 1.06 bits per heavy atom. The average Bonchev–Trinajstić information content (AvgIpc) is 2.73. The summed E-state index contributed by atoms with van der Waals surface area (Å²) < 4.78 is 11.8. The Hall–Kier alpha value is -11.3. The van der Waals surface area contributed by atoms with Gasteiger partial charge in [0, 0.05) is 132 Å². The van der Waals surface area contributed by atoms with Gasteiger partial charge in [-0.05, 0) is 43.2 Å². The van der Waals surface area contributed by atoms with Crippen molar-refractivity contribution in [1.82, 2.24) is 67.4 Å².